The second kappa shape index (κ2) is 8.86. The highest BCUT2D eigenvalue weighted by Gasteiger charge is 2.23. The molecule has 0 atom stereocenters. The van der Waals surface area contributed by atoms with E-state index in [2.05, 4.69) is 10.0 Å². The van der Waals surface area contributed by atoms with Gasteiger partial charge in [-0.1, -0.05) is 65.7 Å². The third-order valence-electron chi connectivity index (χ3n) is 4.12. The lowest BCUT2D eigenvalue weighted by Crippen LogP contribution is -2.24. The van der Waals surface area contributed by atoms with E-state index in [4.69, 9.17) is 23.2 Å². The molecule has 0 aliphatic carbocycles. The van der Waals surface area contributed by atoms with Crippen molar-refractivity contribution in [1.29, 1.82) is 0 Å². The van der Waals surface area contributed by atoms with Crippen molar-refractivity contribution in [2.45, 2.75) is 18.4 Å². The molecule has 0 radical (unpaired) electrons. The molecular weight excluding hydrogens is 431 g/mol. The molecule has 0 spiro atoms. The van der Waals surface area contributed by atoms with Gasteiger partial charge in [-0.3, -0.25) is 9.52 Å². The van der Waals surface area contributed by atoms with E-state index in [1.807, 2.05) is 43.3 Å². The largest absolute Gasteiger partial charge is 0.348 e. The second-order valence-electron chi connectivity index (χ2n) is 6.41. The normalized spacial score (nSPS) is 11.1. The van der Waals surface area contributed by atoms with E-state index in [1.165, 1.54) is 12.1 Å². The number of amides is 1. The summed E-state index contributed by atoms with van der Waals surface area (Å²) in [7, 11) is -4.02. The van der Waals surface area contributed by atoms with Gasteiger partial charge in [0.15, 0.2) is 0 Å². The monoisotopic (exact) mass is 448 g/mol. The molecule has 2 N–H and O–H groups in total. The van der Waals surface area contributed by atoms with Gasteiger partial charge in [-0.05, 0) is 42.3 Å². The molecule has 3 rings (SSSR count). The van der Waals surface area contributed by atoms with Crippen LogP contribution in [0.2, 0.25) is 10.0 Å². The molecule has 0 saturated heterocycles. The molecular formula is C21H18Cl2N2O3S. The van der Waals surface area contributed by atoms with Gasteiger partial charge in [-0.2, -0.15) is 0 Å². The topological polar surface area (TPSA) is 75.3 Å². The van der Waals surface area contributed by atoms with Crippen molar-refractivity contribution in [1.82, 2.24) is 5.32 Å². The zero-order valence-corrected chi connectivity index (χ0v) is 17.8. The summed E-state index contributed by atoms with van der Waals surface area (Å²) in [5.41, 5.74) is 2.22. The fourth-order valence-electron chi connectivity index (χ4n) is 2.70. The molecule has 3 aromatic rings. The number of carbonyl (C=O) groups excluding carboxylic acids is 1. The van der Waals surface area contributed by atoms with Gasteiger partial charge < -0.3 is 5.32 Å². The Kier molecular flexibility index (Phi) is 6.47. The maximum Gasteiger partial charge on any atom is 0.263 e. The summed E-state index contributed by atoms with van der Waals surface area (Å²) in [6.45, 7) is 2.13. The van der Waals surface area contributed by atoms with Gasteiger partial charge in [-0.15, -0.1) is 0 Å². The average molecular weight is 449 g/mol. The van der Waals surface area contributed by atoms with Crippen molar-refractivity contribution in [3.05, 3.63) is 93.5 Å². The number of anilines is 1. The van der Waals surface area contributed by atoms with E-state index in [0.29, 0.717) is 5.69 Å². The Balaban J connectivity index is 1.87. The molecule has 29 heavy (non-hydrogen) atoms. The standard InChI is InChI=1S/C21H18Cl2N2O3S/c1-14-6-5-9-16(10-14)25-29(27,28)20-11-17(18(22)12-19(20)23)21(26)24-13-15-7-3-2-4-8-15/h2-12,25H,13H2,1H3,(H,24,26). The van der Waals surface area contributed by atoms with E-state index in [-0.39, 0.29) is 27.0 Å². The number of hydrogen-bond acceptors (Lipinski definition) is 3. The second-order valence-corrected chi connectivity index (χ2v) is 8.87. The maximum absolute atomic E-state index is 12.8. The van der Waals surface area contributed by atoms with Crippen molar-refractivity contribution < 1.29 is 13.2 Å². The van der Waals surface area contributed by atoms with Crippen molar-refractivity contribution >= 4 is 44.8 Å². The average Bonchev–Trinajstić information content (AvgIpc) is 2.66. The van der Waals surface area contributed by atoms with Crippen LogP contribution in [0, 0.1) is 6.92 Å². The SMILES string of the molecule is Cc1cccc(NS(=O)(=O)c2cc(C(=O)NCc3ccccc3)c(Cl)cc2Cl)c1. The predicted octanol–water partition coefficient (Wildman–Crippen LogP) is 5.03. The van der Waals surface area contributed by atoms with Gasteiger partial charge in [0.1, 0.15) is 4.90 Å². The van der Waals surface area contributed by atoms with Gasteiger partial charge in [0.05, 0.1) is 15.6 Å². The number of aryl methyl sites for hydroxylation is 1. The lowest BCUT2D eigenvalue weighted by atomic mass is 10.2. The van der Waals surface area contributed by atoms with Crippen molar-refractivity contribution in [3.8, 4) is 0 Å². The first-order chi connectivity index (χ1) is 13.8. The predicted molar refractivity (Wildman–Crippen MR) is 116 cm³/mol. The van der Waals surface area contributed by atoms with Crippen molar-refractivity contribution in [3.63, 3.8) is 0 Å². The van der Waals surface area contributed by atoms with E-state index in [0.717, 1.165) is 11.1 Å². The van der Waals surface area contributed by atoms with Gasteiger partial charge in [-0.25, -0.2) is 8.42 Å². The van der Waals surface area contributed by atoms with Crippen LogP contribution in [0.3, 0.4) is 0 Å². The summed E-state index contributed by atoms with van der Waals surface area (Å²) in [6, 6.07) is 18.7. The molecule has 150 valence electrons. The van der Waals surface area contributed by atoms with Gasteiger partial charge in [0.25, 0.3) is 15.9 Å². The highest BCUT2D eigenvalue weighted by atomic mass is 35.5. The van der Waals surface area contributed by atoms with E-state index in [9.17, 15) is 13.2 Å². The molecule has 0 aromatic heterocycles. The van der Waals surface area contributed by atoms with Crippen LogP contribution in [0.25, 0.3) is 0 Å². The van der Waals surface area contributed by atoms with E-state index >= 15 is 0 Å². The van der Waals surface area contributed by atoms with Crippen LogP contribution < -0.4 is 10.0 Å². The van der Waals surface area contributed by atoms with Crippen LogP contribution in [0.1, 0.15) is 21.5 Å². The number of carbonyl (C=O) groups is 1. The lowest BCUT2D eigenvalue weighted by Gasteiger charge is -2.13. The molecule has 1 amide bonds. The molecule has 0 unspecified atom stereocenters. The number of sulfonamides is 1. The van der Waals surface area contributed by atoms with Crippen LogP contribution in [-0.2, 0) is 16.6 Å². The van der Waals surface area contributed by atoms with Crippen LogP contribution in [0.15, 0.2) is 71.6 Å². The van der Waals surface area contributed by atoms with Crippen molar-refractivity contribution in [2.24, 2.45) is 0 Å². The van der Waals surface area contributed by atoms with E-state index < -0.39 is 15.9 Å². The smallest absolute Gasteiger partial charge is 0.263 e. The zero-order chi connectivity index (χ0) is 21.0. The molecule has 0 heterocycles. The summed E-state index contributed by atoms with van der Waals surface area (Å²) in [6.07, 6.45) is 0. The maximum atomic E-state index is 12.8. The fraction of sp³-hybridized carbons (Fsp3) is 0.0952. The third kappa shape index (κ3) is 5.29. The molecule has 5 nitrogen and oxygen atoms in total. The summed E-state index contributed by atoms with van der Waals surface area (Å²) in [5.74, 6) is -0.498. The molecule has 0 fully saturated rings. The van der Waals surface area contributed by atoms with Gasteiger partial charge in [0, 0.05) is 12.2 Å². The Labute approximate surface area is 179 Å². The molecule has 0 saturated carbocycles. The fourth-order valence-corrected chi connectivity index (χ4v) is 4.61. The first kappa shape index (κ1) is 21.2. The van der Waals surface area contributed by atoms with Crippen molar-refractivity contribution in [2.75, 3.05) is 4.72 Å². The highest BCUT2D eigenvalue weighted by Crippen LogP contribution is 2.30. The minimum absolute atomic E-state index is 0.0246. The Morgan fingerprint density at radius 3 is 2.34 bits per heavy atom. The minimum atomic E-state index is -4.02. The summed E-state index contributed by atoms with van der Waals surface area (Å²) >= 11 is 12.3. The van der Waals surface area contributed by atoms with Crippen LogP contribution >= 0.6 is 23.2 Å². The first-order valence-corrected chi connectivity index (χ1v) is 10.9. The number of hydrogen-bond donors (Lipinski definition) is 2. The first-order valence-electron chi connectivity index (χ1n) is 8.67. The summed E-state index contributed by atoms with van der Waals surface area (Å²) in [5, 5.41) is 2.72. The summed E-state index contributed by atoms with van der Waals surface area (Å²) in [4.78, 5) is 12.4. The zero-order valence-electron chi connectivity index (χ0n) is 15.4. The number of nitrogens with one attached hydrogen (secondary N) is 2. The molecule has 8 heteroatoms. The van der Waals surface area contributed by atoms with Crippen LogP contribution in [0.4, 0.5) is 5.69 Å². The molecule has 0 aliphatic heterocycles. The Morgan fingerprint density at radius 2 is 1.66 bits per heavy atom. The van der Waals surface area contributed by atoms with Gasteiger partial charge >= 0.3 is 0 Å². The minimum Gasteiger partial charge on any atom is -0.348 e. The number of halogens is 2. The summed E-state index contributed by atoms with van der Waals surface area (Å²) < 4.78 is 28.1. The number of rotatable bonds is 6. The molecule has 0 bridgehead atoms. The Hall–Kier alpha value is -2.54. The highest BCUT2D eigenvalue weighted by molar-refractivity contribution is 7.92. The number of benzene rings is 3. The molecule has 0 aliphatic rings. The van der Waals surface area contributed by atoms with Crippen LogP contribution in [0.5, 0.6) is 0 Å². The lowest BCUT2D eigenvalue weighted by molar-refractivity contribution is 0.0951. The molecule has 3 aromatic carbocycles. The Morgan fingerprint density at radius 1 is 0.931 bits per heavy atom. The van der Waals surface area contributed by atoms with Gasteiger partial charge in [0.2, 0.25) is 0 Å². The quantitative estimate of drug-likeness (QED) is 0.554. The third-order valence-corrected chi connectivity index (χ3v) is 6.28. The Bertz CT molecular complexity index is 1150. The van der Waals surface area contributed by atoms with E-state index in [1.54, 1.807) is 18.2 Å². The van der Waals surface area contributed by atoms with Crippen LogP contribution in [-0.4, -0.2) is 14.3 Å².